The van der Waals surface area contributed by atoms with Crippen LogP contribution in [0.3, 0.4) is 0 Å². The Hall–Kier alpha value is -10.3. The minimum Gasteiger partial charge on any atom is -0.144 e. The average molecular weight is 1700 g/mol. The van der Waals surface area contributed by atoms with Crippen LogP contribution in [0.2, 0.25) is 0 Å². The lowest BCUT2D eigenvalue weighted by Crippen LogP contribution is -2.30. The molecule has 0 bridgehead atoms. The van der Waals surface area contributed by atoms with Gasteiger partial charge in [0.05, 0.1) is 16.2 Å². The van der Waals surface area contributed by atoms with Gasteiger partial charge in [0, 0.05) is 14.1 Å². The highest BCUT2D eigenvalue weighted by molar-refractivity contribution is 7.18. The zero-order valence-electron chi connectivity index (χ0n) is 82.1. The third-order valence-electron chi connectivity index (χ3n) is 35.8. The summed E-state index contributed by atoms with van der Waals surface area (Å²) in [6.45, 7) is 85.1. The number of allylic oxidation sites excluding steroid dienone is 3. The van der Waals surface area contributed by atoms with Gasteiger partial charge in [-0.25, -0.2) is 0 Å². The standard InChI is InChI=1S/3C41H42S/c1-19-20(2)26(8)36-35(25(19)7)37-27(9)21(3)23(5)29(11)39(37)41(40-30(12)24(6)22(4)28(10)38(36)40)15-13-31-17-32-14-16-42-34(32)18-33(31)41;1-19-20(2)26(8)35-34(25(19)7)36-27(9)21(3)23(5)29(11)38(36)41(39-30(12)24(6)22(4)28(10)37(35)39)17-15-31-13-14-33-32(40(31)41)16-18-42-33;1-19-20(2)26(8)34-33(25(19)7)35-27(9)21(3)23(5)29(11)37(35)41(38-30(12)24(6)22(4)28(10)36(34)38)17-15-31-13-14-32-16-18-42-40(32)39(31)41/h3*13-18H,1-12H3. The first-order chi connectivity index (χ1) is 59.6. The number of hydrogen-bond acceptors (Lipinski definition) is 3. The maximum atomic E-state index is 2.59. The van der Waals surface area contributed by atoms with E-state index in [1.54, 1.807) is 0 Å². The molecule has 0 unspecified atom stereocenters. The number of rotatable bonds is 0. The van der Waals surface area contributed by atoms with Gasteiger partial charge in [0.1, 0.15) is 0 Å². The van der Waals surface area contributed by atoms with Crippen molar-refractivity contribution < 1.29 is 0 Å². The molecule has 0 aliphatic heterocycles. The topological polar surface area (TPSA) is 0 Å². The van der Waals surface area contributed by atoms with E-state index in [-0.39, 0.29) is 16.2 Å². The Balaban J connectivity index is 0.000000123. The molecule has 0 nitrogen and oxygen atoms in total. The lowest BCUT2D eigenvalue weighted by molar-refractivity contribution is 0.779. The Morgan fingerprint density at radius 3 is 0.762 bits per heavy atom. The summed E-state index contributed by atoms with van der Waals surface area (Å²) in [5.41, 5.74) is 85.1. The molecule has 636 valence electrons. The quantitative estimate of drug-likeness (QED) is 0.142. The van der Waals surface area contributed by atoms with E-state index in [9.17, 15) is 0 Å². The second kappa shape index (κ2) is 28.9. The third-order valence-corrected chi connectivity index (χ3v) is 38.5. The molecule has 15 aromatic rings. The highest BCUT2D eigenvalue weighted by atomic mass is 32.1. The molecule has 3 heterocycles. The van der Waals surface area contributed by atoms with Crippen molar-refractivity contribution >= 4 is 82.5 Å². The molecule has 0 saturated heterocycles. The van der Waals surface area contributed by atoms with Crippen LogP contribution in [0.25, 0.3) is 115 Å². The van der Waals surface area contributed by atoms with Crippen LogP contribution in [-0.2, 0) is 16.2 Å². The monoisotopic (exact) mass is 1700 g/mol. The van der Waals surface area contributed by atoms with Gasteiger partial charge < -0.3 is 0 Å². The van der Waals surface area contributed by atoms with Crippen molar-refractivity contribution in [2.24, 2.45) is 0 Å². The van der Waals surface area contributed by atoms with Crippen LogP contribution >= 0.6 is 34.0 Å². The molecule has 0 N–H and O–H groups in total. The Labute approximate surface area is 764 Å². The van der Waals surface area contributed by atoms with Crippen molar-refractivity contribution in [2.75, 3.05) is 0 Å². The largest absolute Gasteiger partial charge is 0.144 e. The summed E-state index contributed by atoms with van der Waals surface area (Å²) in [7, 11) is 0. The van der Waals surface area contributed by atoms with E-state index in [2.05, 4.69) is 356 Å². The van der Waals surface area contributed by atoms with Crippen LogP contribution in [-0.4, -0.2) is 0 Å². The van der Waals surface area contributed by atoms with Gasteiger partial charge in [0.2, 0.25) is 0 Å². The van der Waals surface area contributed by atoms with E-state index >= 15 is 0 Å². The van der Waals surface area contributed by atoms with Gasteiger partial charge in [-0.05, 0) is 652 Å². The summed E-state index contributed by atoms with van der Waals surface area (Å²) in [6.07, 6.45) is 15.1. The summed E-state index contributed by atoms with van der Waals surface area (Å²) in [4.78, 5) is 0. The lowest BCUT2D eigenvalue weighted by atomic mass is 9.63. The fourth-order valence-corrected chi connectivity index (χ4v) is 28.4. The molecule has 0 radical (unpaired) electrons. The van der Waals surface area contributed by atoms with Gasteiger partial charge in [-0.15, -0.1) is 34.0 Å². The summed E-state index contributed by atoms with van der Waals surface area (Å²) in [5.74, 6) is 0. The minimum atomic E-state index is -0.388. The Morgan fingerprint density at radius 2 is 0.421 bits per heavy atom. The average Bonchev–Trinajstić information content (AvgIpc) is 1.52. The smallest absolute Gasteiger partial charge is 0.0672 e. The van der Waals surface area contributed by atoms with Gasteiger partial charge >= 0.3 is 0 Å². The van der Waals surface area contributed by atoms with E-state index in [4.69, 9.17) is 0 Å². The zero-order valence-corrected chi connectivity index (χ0v) is 84.6. The molecular weight excluding hydrogens is 1570 g/mol. The third kappa shape index (κ3) is 10.6. The maximum absolute atomic E-state index is 2.59. The molecule has 0 saturated carbocycles. The fraction of sp³-hybridized carbons (Fsp3) is 0.317. The number of fused-ring (bicyclic) bond motifs is 32. The molecule has 0 atom stereocenters. The highest BCUT2D eigenvalue weighted by Gasteiger charge is 2.54. The van der Waals surface area contributed by atoms with E-state index in [0.717, 1.165) is 0 Å². The van der Waals surface area contributed by atoms with Crippen LogP contribution < -0.4 is 0 Å². The van der Waals surface area contributed by atoms with E-state index in [1.807, 2.05) is 34.0 Å². The Kier molecular flexibility index (Phi) is 19.5. The summed E-state index contributed by atoms with van der Waals surface area (Å²) in [5, 5.41) is 10.9. The first-order valence-electron chi connectivity index (χ1n) is 46.1. The normalized spacial score (nSPS) is 14.3. The van der Waals surface area contributed by atoms with Gasteiger partial charge in [0.15, 0.2) is 0 Å². The molecule has 0 amide bonds. The van der Waals surface area contributed by atoms with E-state index < -0.39 is 0 Å². The van der Waals surface area contributed by atoms with Crippen LogP contribution in [0.1, 0.15) is 267 Å². The summed E-state index contributed by atoms with van der Waals surface area (Å²) in [6, 6.07) is 21.3. The van der Waals surface area contributed by atoms with Gasteiger partial charge in [0.25, 0.3) is 0 Å². The van der Waals surface area contributed by atoms with Crippen LogP contribution in [0.4, 0.5) is 0 Å². The first-order valence-corrected chi connectivity index (χ1v) is 48.8. The van der Waals surface area contributed by atoms with Crippen molar-refractivity contribution in [3.8, 4) is 66.8 Å². The van der Waals surface area contributed by atoms with Crippen molar-refractivity contribution in [3.05, 3.63) is 356 Å². The van der Waals surface area contributed by atoms with Gasteiger partial charge in [-0.3, -0.25) is 0 Å². The summed E-state index contributed by atoms with van der Waals surface area (Å²) < 4.78 is 4.17. The number of thiophene rings is 3. The molecule has 0 fully saturated rings. The maximum Gasteiger partial charge on any atom is 0.0672 e. The van der Waals surface area contributed by atoms with Crippen molar-refractivity contribution in [1.82, 2.24) is 0 Å². The fourth-order valence-electron chi connectivity index (χ4n) is 25.8. The Morgan fingerprint density at radius 1 is 0.175 bits per heavy atom. The highest BCUT2D eigenvalue weighted by Crippen LogP contribution is 2.68. The van der Waals surface area contributed by atoms with Crippen molar-refractivity contribution in [3.63, 3.8) is 0 Å². The van der Waals surface area contributed by atoms with Crippen molar-refractivity contribution in [2.45, 2.75) is 265 Å². The van der Waals surface area contributed by atoms with Crippen LogP contribution in [0.15, 0.2) is 89.0 Å². The molecule has 6 aliphatic rings. The summed E-state index contributed by atoms with van der Waals surface area (Å²) >= 11 is 5.63. The molecule has 12 aromatic carbocycles. The van der Waals surface area contributed by atoms with Gasteiger partial charge in [-0.1, -0.05) is 54.7 Å². The number of benzene rings is 12. The molecule has 6 aliphatic carbocycles. The predicted molar refractivity (Wildman–Crippen MR) is 555 cm³/mol. The Bertz CT molecular complexity index is 7100. The molecular formula is C123H126S3. The van der Waals surface area contributed by atoms with Gasteiger partial charge in [-0.2, -0.15) is 0 Å². The van der Waals surface area contributed by atoms with E-state index in [0.29, 0.717) is 0 Å². The molecule has 21 rings (SSSR count). The molecule has 3 aromatic heterocycles. The van der Waals surface area contributed by atoms with Crippen LogP contribution in [0.5, 0.6) is 0 Å². The molecule has 126 heavy (non-hydrogen) atoms. The number of hydrogen-bond donors (Lipinski definition) is 0. The van der Waals surface area contributed by atoms with Crippen LogP contribution in [0, 0.1) is 249 Å². The molecule has 3 spiro atoms. The second-order valence-electron chi connectivity index (χ2n) is 39.8. The second-order valence-corrected chi connectivity index (χ2v) is 42.6. The van der Waals surface area contributed by atoms with Crippen molar-refractivity contribution in [1.29, 1.82) is 0 Å². The predicted octanol–water partition coefficient (Wildman–Crippen LogP) is 34.8. The zero-order chi connectivity index (χ0) is 90.5. The lowest BCUT2D eigenvalue weighted by Gasteiger charge is -2.38. The first kappa shape index (κ1) is 85.2. The SMILES string of the molecule is Cc1c(C)c(C)c2c(c1C)-c1c(C)c(C)c(C)c(C)c1C1(C=Cc3cc4ccsc4cc31)c1c(C)c(C)c(C)c(C)c1-2.Cc1c(C)c(C)c2c(c1C)-c1c(C)c(C)c(C)c(C)c1C1(C=Cc3ccc4ccsc4c31)c1c(C)c(C)c(C)c(C)c1-2.Cc1c(C)c(C)c2c(c1C)-c1c(C)c(C)c(C)c(C)c1C1(C=Cc3ccc4sccc4c31)c1c(C)c(C)c(C)c(C)c1-2. The minimum absolute atomic E-state index is 0.376. The molecule has 3 heteroatoms. The van der Waals surface area contributed by atoms with E-state index in [1.165, 1.54) is 364 Å².